The summed E-state index contributed by atoms with van der Waals surface area (Å²) >= 11 is 0. The minimum Gasteiger partial charge on any atom is -0.339 e. The number of hydrogen-bond acceptors (Lipinski definition) is 4. The molecule has 0 saturated heterocycles. The molecular formula is C16H23N3O. The average molecular weight is 273 g/mol. The van der Waals surface area contributed by atoms with Crippen LogP contribution in [0.1, 0.15) is 49.5 Å². The number of aromatic nitrogens is 2. The Balaban J connectivity index is 2.16. The predicted molar refractivity (Wildman–Crippen MR) is 79.5 cm³/mol. The van der Waals surface area contributed by atoms with Gasteiger partial charge in [0.05, 0.1) is 5.92 Å². The highest BCUT2D eigenvalue weighted by Gasteiger charge is 2.26. The first-order valence-corrected chi connectivity index (χ1v) is 7.11. The molecule has 0 bridgehead atoms. The number of aryl methyl sites for hydroxylation is 1. The molecule has 2 aromatic rings. The first kappa shape index (κ1) is 14.7. The van der Waals surface area contributed by atoms with Crippen molar-refractivity contribution in [1.82, 2.24) is 10.1 Å². The van der Waals surface area contributed by atoms with E-state index in [1.165, 1.54) is 11.1 Å². The molecular weight excluding hydrogens is 250 g/mol. The van der Waals surface area contributed by atoms with Gasteiger partial charge in [-0.2, -0.15) is 4.98 Å². The lowest BCUT2D eigenvalue weighted by molar-refractivity contribution is 0.298. The Kier molecular flexibility index (Phi) is 4.55. The lowest BCUT2D eigenvalue weighted by atomic mass is 9.90. The third-order valence-electron chi connectivity index (χ3n) is 3.50. The van der Waals surface area contributed by atoms with E-state index < -0.39 is 0 Å². The fourth-order valence-corrected chi connectivity index (χ4v) is 2.60. The lowest BCUT2D eigenvalue weighted by Gasteiger charge is -2.20. The summed E-state index contributed by atoms with van der Waals surface area (Å²) in [6.45, 7) is 8.31. The molecule has 0 amide bonds. The van der Waals surface area contributed by atoms with Gasteiger partial charge in [-0.1, -0.05) is 48.8 Å². The van der Waals surface area contributed by atoms with Gasteiger partial charge >= 0.3 is 0 Å². The van der Waals surface area contributed by atoms with Crippen molar-refractivity contribution in [1.29, 1.82) is 0 Å². The highest BCUT2D eigenvalue weighted by atomic mass is 16.5. The van der Waals surface area contributed by atoms with Gasteiger partial charge in [0.2, 0.25) is 5.89 Å². The molecule has 2 atom stereocenters. The lowest BCUT2D eigenvalue weighted by Crippen LogP contribution is -2.28. The van der Waals surface area contributed by atoms with Crippen molar-refractivity contribution in [2.24, 2.45) is 11.7 Å². The third kappa shape index (κ3) is 3.45. The fourth-order valence-electron chi connectivity index (χ4n) is 2.60. The van der Waals surface area contributed by atoms with Crippen molar-refractivity contribution in [2.45, 2.75) is 46.1 Å². The third-order valence-corrected chi connectivity index (χ3v) is 3.50. The Morgan fingerprint density at radius 1 is 1.25 bits per heavy atom. The van der Waals surface area contributed by atoms with Crippen LogP contribution >= 0.6 is 0 Å². The molecule has 0 radical (unpaired) electrons. The van der Waals surface area contributed by atoms with Crippen LogP contribution in [0, 0.1) is 12.8 Å². The molecule has 1 aromatic heterocycles. The van der Waals surface area contributed by atoms with Crippen molar-refractivity contribution >= 4 is 0 Å². The van der Waals surface area contributed by atoms with E-state index in [1.807, 2.05) is 13.0 Å². The molecule has 2 N–H and O–H groups in total. The number of nitrogens with two attached hydrogens (primary N) is 1. The van der Waals surface area contributed by atoms with Gasteiger partial charge in [-0.25, -0.2) is 0 Å². The Morgan fingerprint density at radius 2 is 2.00 bits per heavy atom. The van der Waals surface area contributed by atoms with Gasteiger partial charge < -0.3 is 10.3 Å². The van der Waals surface area contributed by atoms with E-state index in [-0.39, 0.29) is 12.0 Å². The summed E-state index contributed by atoms with van der Waals surface area (Å²) < 4.78 is 5.41. The molecule has 1 heterocycles. The second-order valence-electron chi connectivity index (χ2n) is 5.84. The molecule has 0 saturated carbocycles. The largest absolute Gasteiger partial charge is 0.339 e. The summed E-state index contributed by atoms with van der Waals surface area (Å²) in [6.07, 6.45) is 0.689. The molecule has 0 aliphatic carbocycles. The zero-order chi connectivity index (χ0) is 14.7. The Labute approximate surface area is 120 Å². The van der Waals surface area contributed by atoms with Crippen molar-refractivity contribution in [3.8, 4) is 0 Å². The molecule has 4 heteroatoms. The maximum atomic E-state index is 6.02. The van der Waals surface area contributed by atoms with Crippen molar-refractivity contribution in [3.05, 3.63) is 47.1 Å². The SMILES string of the molecule is Cc1cccc(Cc2noc(C(C(C)C)C(C)N)n2)c1. The Hall–Kier alpha value is -1.68. The molecule has 0 fully saturated rings. The summed E-state index contributed by atoms with van der Waals surface area (Å²) in [5.74, 6) is 1.85. The molecule has 0 aliphatic heterocycles. The molecule has 20 heavy (non-hydrogen) atoms. The van der Waals surface area contributed by atoms with Crippen LogP contribution in [-0.4, -0.2) is 16.2 Å². The smallest absolute Gasteiger partial charge is 0.231 e. The van der Waals surface area contributed by atoms with E-state index in [9.17, 15) is 0 Å². The maximum Gasteiger partial charge on any atom is 0.231 e. The Bertz CT molecular complexity index is 552. The van der Waals surface area contributed by atoms with Crippen LogP contribution < -0.4 is 5.73 Å². The van der Waals surface area contributed by atoms with E-state index >= 15 is 0 Å². The summed E-state index contributed by atoms with van der Waals surface area (Å²) in [7, 11) is 0. The molecule has 2 unspecified atom stereocenters. The zero-order valence-electron chi connectivity index (χ0n) is 12.6. The molecule has 1 aromatic carbocycles. The fraction of sp³-hybridized carbons (Fsp3) is 0.500. The molecule has 2 rings (SSSR count). The molecule has 0 aliphatic rings. The second kappa shape index (κ2) is 6.18. The maximum absolute atomic E-state index is 6.02. The van der Waals surface area contributed by atoms with Crippen molar-refractivity contribution in [2.75, 3.05) is 0 Å². The number of rotatable bonds is 5. The summed E-state index contributed by atoms with van der Waals surface area (Å²) in [5, 5.41) is 4.09. The number of nitrogens with zero attached hydrogens (tertiary/aromatic N) is 2. The highest BCUT2D eigenvalue weighted by Crippen LogP contribution is 2.25. The highest BCUT2D eigenvalue weighted by molar-refractivity contribution is 5.24. The van der Waals surface area contributed by atoms with Crippen LogP contribution in [0.25, 0.3) is 0 Å². The first-order chi connectivity index (χ1) is 9.47. The van der Waals surface area contributed by atoms with Crippen LogP contribution in [0.15, 0.2) is 28.8 Å². The van der Waals surface area contributed by atoms with Crippen LogP contribution in [0.4, 0.5) is 0 Å². The van der Waals surface area contributed by atoms with Crippen LogP contribution in [0.2, 0.25) is 0 Å². The van der Waals surface area contributed by atoms with Gasteiger partial charge in [-0.05, 0) is 25.3 Å². The van der Waals surface area contributed by atoms with Gasteiger partial charge in [-0.15, -0.1) is 0 Å². The monoisotopic (exact) mass is 273 g/mol. The van der Waals surface area contributed by atoms with E-state index in [2.05, 4.69) is 49.1 Å². The second-order valence-corrected chi connectivity index (χ2v) is 5.84. The van der Waals surface area contributed by atoms with E-state index in [4.69, 9.17) is 10.3 Å². The predicted octanol–water partition coefficient (Wildman–Crippen LogP) is 3.06. The summed E-state index contributed by atoms with van der Waals surface area (Å²) in [6, 6.07) is 8.35. The first-order valence-electron chi connectivity index (χ1n) is 7.11. The van der Waals surface area contributed by atoms with E-state index in [0.29, 0.717) is 18.2 Å². The summed E-state index contributed by atoms with van der Waals surface area (Å²) in [5.41, 5.74) is 8.46. The van der Waals surface area contributed by atoms with Crippen LogP contribution in [0.3, 0.4) is 0 Å². The van der Waals surface area contributed by atoms with Crippen molar-refractivity contribution < 1.29 is 4.52 Å². The standard InChI is InChI=1S/C16H23N3O/c1-10(2)15(12(4)17)16-18-14(19-20-16)9-13-7-5-6-11(3)8-13/h5-8,10,12,15H,9,17H2,1-4H3. The molecule has 4 nitrogen and oxygen atoms in total. The van der Waals surface area contributed by atoms with Gasteiger partial charge in [0.15, 0.2) is 5.82 Å². The quantitative estimate of drug-likeness (QED) is 0.909. The van der Waals surface area contributed by atoms with Gasteiger partial charge in [0.25, 0.3) is 0 Å². The van der Waals surface area contributed by atoms with Gasteiger partial charge in [0.1, 0.15) is 0 Å². The van der Waals surface area contributed by atoms with E-state index in [0.717, 1.165) is 5.82 Å². The zero-order valence-corrected chi connectivity index (χ0v) is 12.6. The minimum atomic E-state index is 0.00210. The minimum absolute atomic E-state index is 0.00210. The van der Waals surface area contributed by atoms with Gasteiger partial charge in [-0.3, -0.25) is 0 Å². The topological polar surface area (TPSA) is 64.9 Å². The average Bonchev–Trinajstić information content (AvgIpc) is 2.76. The molecule has 0 spiro atoms. The summed E-state index contributed by atoms with van der Waals surface area (Å²) in [4.78, 5) is 4.52. The number of hydrogen-bond donors (Lipinski definition) is 1. The van der Waals surface area contributed by atoms with Crippen LogP contribution in [0.5, 0.6) is 0 Å². The normalized spacial score (nSPS) is 14.5. The van der Waals surface area contributed by atoms with Gasteiger partial charge in [0, 0.05) is 12.5 Å². The van der Waals surface area contributed by atoms with Crippen LogP contribution in [-0.2, 0) is 6.42 Å². The van der Waals surface area contributed by atoms with E-state index in [1.54, 1.807) is 0 Å². The number of benzene rings is 1. The molecule has 108 valence electrons. The Morgan fingerprint density at radius 3 is 2.60 bits per heavy atom. The van der Waals surface area contributed by atoms with Crippen molar-refractivity contribution in [3.63, 3.8) is 0 Å².